The molecule has 2 fully saturated rings. The zero-order chi connectivity index (χ0) is 27.8. The molecule has 7 nitrogen and oxygen atoms in total. The van der Waals surface area contributed by atoms with E-state index in [4.69, 9.17) is 25.8 Å². The molecule has 1 spiro atoms. The van der Waals surface area contributed by atoms with Crippen LogP contribution in [0.1, 0.15) is 49.0 Å². The van der Waals surface area contributed by atoms with Crippen molar-refractivity contribution in [2.75, 3.05) is 46.4 Å². The predicted molar refractivity (Wildman–Crippen MR) is 146 cm³/mol. The minimum atomic E-state index is -0.462. The van der Waals surface area contributed by atoms with Gasteiger partial charge in [0, 0.05) is 63.1 Å². The maximum absolute atomic E-state index is 14.1. The molecular formula is C30H36ClFN2O5. The number of benzene rings is 2. The molecule has 1 unspecified atom stereocenters. The van der Waals surface area contributed by atoms with E-state index in [1.165, 1.54) is 30.9 Å². The second kappa shape index (κ2) is 11.0. The molecule has 5 rings (SSSR count). The first-order valence-corrected chi connectivity index (χ1v) is 14.0. The van der Waals surface area contributed by atoms with Crippen molar-refractivity contribution in [3.63, 3.8) is 0 Å². The minimum Gasteiger partial charge on any atom is -0.493 e. The molecule has 3 aliphatic rings. The number of halogens is 2. The summed E-state index contributed by atoms with van der Waals surface area (Å²) in [5.74, 6) is -0.308. The number of carbonyl (C=O) groups is 2. The molecule has 210 valence electrons. The Labute approximate surface area is 234 Å². The highest BCUT2D eigenvalue weighted by atomic mass is 35.5. The predicted octanol–water partition coefficient (Wildman–Crippen LogP) is 4.99. The number of hydrogen-bond donors (Lipinski definition) is 0. The lowest BCUT2D eigenvalue weighted by atomic mass is 9.82. The van der Waals surface area contributed by atoms with Gasteiger partial charge in [-0.1, -0.05) is 25.4 Å². The standard InChI is InChI=1S/C30H36ClFN2O5/c1-29(2)19-34(18-24(29)28(36)37-3)27(35)23-7-6-22(32)16-26(23)38-14-4-11-33-12-9-30(10-13-33)17-20-15-21(31)5-8-25(20)39-30/h5-8,15-16,24H,4,9-14,17-19H2,1-3H3. The van der Waals surface area contributed by atoms with Gasteiger partial charge in [0.05, 0.1) is 25.2 Å². The number of methoxy groups -OCH3 is 1. The number of carbonyl (C=O) groups excluding carboxylic acids is 2. The SMILES string of the molecule is COC(=O)C1CN(C(=O)c2ccc(F)cc2OCCCN2CCC3(CC2)Cc2cc(Cl)ccc2O3)CC1(C)C. The Balaban J connectivity index is 1.13. The van der Waals surface area contributed by atoms with Crippen molar-refractivity contribution in [1.29, 1.82) is 0 Å². The summed E-state index contributed by atoms with van der Waals surface area (Å²) in [7, 11) is 1.36. The van der Waals surface area contributed by atoms with Gasteiger partial charge in [0.25, 0.3) is 5.91 Å². The molecule has 0 N–H and O–H groups in total. The molecule has 0 radical (unpaired) electrons. The summed E-state index contributed by atoms with van der Waals surface area (Å²) in [6.07, 6.45) is 3.53. The van der Waals surface area contributed by atoms with E-state index in [1.807, 2.05) is 32.0 Å². The molecule has 2 saturated heterocycles. The van der Waals surface area contributed by atoms with E-state index in [1.54, 1.807) is 4.90 Å². The van der Waals surface area contributed by atoms with E-state index < -0.39 is 17.2 Å². The maximum Gasteiger partial charge on any atom is 0.311 e. The Morgan fingerprint density at radius 1 is 1.15 bits per heavy atom. The molecule has 1 atom stereocenters. The first-order chi connectivity index (χ1) is 18.6. The van der Waals surface area contributed by atoms with Crippen LogP contribution in [0.3, 0.4) is 0 Å². The second-order valence-corrected chi connectivity index (χ2v) is 12.1. The topological polar surface area (TPSA) is 68.3 Å². The average Bonchev–Trinajstić information content (AvgIpc) is 3.42. The summed E-state index contributed by atoms with van der Waals surface area (Å²) in [6.45, 7) is 7.61. The molecule has 0 aromatic heterocycles. The lowest BCUT2D eigenvalue weighted by Gasteiger charge is -2.38. The van der Waals surface area contributed by atoms with Crippen molar-refractivity contribution in [2.24, 2.45) is 11.3 Å². The van der Waals surface area contributed by atoms with Gasteiger partial charge in [0.1, 0.15) is 22.9 Å². The largest absolute Gasteiger partial charge is 0.493 e. The Morgan fingerprint density at radius 3 is 2.67 bits per heavy atom. The molecular weight excluding hydrogens is 523 g/mol. The summed E-state index contributed by atoms with van der Waals surface area (Å²) in [4.78, 5) is 29.6. The van der Waals surface area contributed by atoms with Gasteiger partial charge in [-0.15, -0.1) is 0 Å². The lowest BCUT2D eigenvalue weighted by molar-refractivity contribution is -0.147. The van der Waals surface area contributed by atoms with Crippen LogP contribution >= 0.6 is 11.6 Å². The summed E-state index contributed by atoms with van der Waals surface area (Å²) < 4.78 is 31.3. The van der Waals surface area contributed by atoms with Crippen LogP contribution in [-0.2, 0) is 16.0 Å². The molecule has 9 heteroatoms. The fraction of sp³-hybridized carbons (Fsp3) is 0.533. The van der Waals surface area contributed by atoms with Crippen molar-refractivity contribution < 1.29 is 28.2 Å². The zero-order valence-corrected chi connectivity index (χ0v) is 23.6. The van der Waals surface area contributed by atoms with Gasteiger partial charge in [0.2, 0.25) is 0 Å². The third kappa shape index (κ3) is 5.87. The van der Waals surface area contributed by atoms with Gasteiger partial charge in [-0.2, -0.15) is 0 Å². The quantitative estimate of drug-likeness (QED) is 0.352. The third-order valence-electron chi connectivity index (χ3n) is 8.40. The first-order valence-electron chi connectivity index (χ1n) is 13.6. The number of nitrogens with zero attached hydrogens (tertiary/aromatic N) is 2. The number of amides is 1. The van der Waals surface area contributed by atoms with Gasteiger partial charge in [-0.05, 0) is 47.7 Å². The van der Waals surface area contributed by atoms with Crippen molar-refractivity contribution in [3.05, 3.63) is 58.4 Å². The van der Waals surface area contributed by atoms with E-state index in [0.717, 1.165) is 56.1 Å². The van der Waals surface area contributed by atoms with Crippen LogP contribution in [-0.4, -0.2) is 73.7 Å². The van der Waals surface area contributed by atoms with Crippen LogP contribution in [0, 0.1) is 17.2 Å². The Morgan fingerprint density at radius 2 is 1.92 bits per heavy atom. The monoisotopic (exact) mass is 558 g/mol. The highest BCUT2D eigenvalue weighted by molar-refractivity contribution is 6.30. The number of ether oxygens (including phenoxy) is 3. The van der Waals surface area contributed by atoms with E-state index in [-0.39, 0.29) is 29.8 Å². The average molecular weight is 559 g/mol. The molecule has 39 heavy (non-hydrogen) atoms. The third-order valence-corrected chi connectivity index (χ3v) is 8.63. The van der Waals surface area contributed by atoms with Crippen molar-refractivity contribution in [1.82, 2.24) is 9.80 Å². The molecule has 3 aliphatic heterocycles. The number of esters is 1. The summed E-state index contributed by atoms with van der Waals surface area (Å²) in [6, 6.07) is 9.82. The number of hydrogen-bond acceptors (Lipinski definition) is 6. The number of rotatable bonds is 7. The smallest absolute Gasteiger partial charge is 0.311 e. The van der Waals surface area contributed by atoms with Crippen LogP contribution in [0.15, 0.2) is 36.4 Å². The molecule has 2 aromatic rings. The number of piperidine rings is 1. The second-order valence-electron chi connectivity index (χ2n) is 11.6. The normalized spacial score (nSPS) is 21.5. The minimum absolute atomic E-state index is 0.145. The van der Waals surface area contributed by atoms with Gasteiger partial charge in [-0.25, -0.2) is 4.39 Å². The van der Waals surface area contributed by atoms with Crippen LogP contribution in [0.25, 0.3) is 0 Å². The van der Waals surface area contributed by atoms with Gasteiger partial charge in [0.15, 0.2) is 0 Å². The molecule has 3 heterocycles. The van der Waals surface area contributed by atoms with E-state index in [9.17, 15) is 14.0 Å². The number of likely N-dealkylation sites (tertiary alicyclic amines) is 2. The Hall–Kier alpha value is -2.84. The fourth-order valence-corrected chi connectivity index (χ4v) is 6.32. The van der Waals surface area contributed by atoms with Gasteiger partial charge in [-0.3, -0.25) is 9.59 Å². The van der Waals surface area contributed by atoms with Crippen LogP contribution in [0.4, 0.5) is 4.39 Å². The van der Waals surface area contributed by atoms with Gasteiger partial charge >= 0.3 is 5.97 Å². The van der Waals surface area contributed by atoms with Crippen molar-refractivity contribution in [2.45, 2.75) is 45.1 Å². The van der Waals surface area contributed by atoms with E-state index in [0.29, 0.717) is 18.7 Å². The van der Waals surface area contributed by atoms with Gasteiger partial charge < -0.3 is 24.0 Å². The maximum atomic E-state index is 14.1. The lowest BCUT2D eigenvalue weighted by Crippen LogP contribution is -2.47. The van der Waals surface area contributed by atoms with Crippen LogP contribution < -0.4 is 9.47 Å². The van der Waals surface area contributed by atoms with E-state index >= 15 is 0 Å². The summed E-state index contributed by atoms with van der Waals surface area (Å²) >= 11 is 6.16. The first kappa shape index (κ1) is 27.7. The zero-order valence-electron chi connectivity index (χ0n) is 22.8. The Kier molecular flexibility index (Phi) is 7.80. The van der Waals surface area contributed by atoms with E-state index in [2.05, 4.69) is 4.90 Å². The fourth-order valence-electron chi connectivity index (χ4n) is 6.12. The molecule has 0 aliphatic carbocycles. The van der Waals surface area contributed by atoms with Crippen LogP contribution in [0.2, 0.25) is 5.02 Å². The molecule has 0 saturated carbocycles. The highest BCUT2D eigenvalue weighted by Crippen LogP contribution is 2.42. The Bertz CT molecular complexity index is 1240. The van der Waals surface area contributed by atoms with Crippen molar-refractivity contribution in [3.8, 4) is 11.5 Å². The summed E-state index contributed by atoms with van der Waals surface area (Å²) in [5.41, 5.74) is 0.920. The number of fused-ring (bicyclic) bond motifs is 1. The highest BCUT2D eigenvalue weighted by Gasteiger charge is 2.46. The molecule has 0 bridgehead atoms. The van der Waals surface area contributed by atoms with Crippen LogP contribution in [0.5, 0.6) is 11.5 Å². The van der Waals surface area contributed by atoms with Crippen molar-refractivity contribution >= 4 is 23.5 Å². The summed E-state index contributed by atoms with van der Waals surface area (Å²) in [5, 5.41) is 0.740. The molecule has 1 amide bonds. The molecule has 2 aromatic carbocycles.